The number of nitrogens with two attached hydrogens (primary N) is 1. The largest absolute Gasteiger partial charge is 0.383 e. The van der Waals surface area contributed by atoms with Gasteiger partial charge in [-0.05, 0) is 6.42 Å². The molecule has 2 rings (SSSR count). The van der Waals surface area contributed by atoms with E-state index in [0.29, 0.717) is 5.82 Å². The number of fused-ring (bicyclic) bond motifs is 1. The zero-order chi connectivity index (χ0) is 12.8. The van der Waals surface area contributed by atoms with Gasteiger partial charge >= 0.3 is 0 Å². The van der Waals surface area contributed by atoms with Crippen molar-refractivity contribution in [3.63, 3.8) is 0 Å². The fourth-order valence-corrected chi connectivity index (χ4v) is 2.12. The van der Waals surface area contributed by atoms with E-state index in [0.717, 1.165) is 24.0 Å². The van der Waals surface area contributed by atoms with E-state index in [-0.39, 0.29) is 0 Å². The molecule has 0 aliphatic rings. The third kappa shape index (κ3) is 2.97. The number of aryl methyl sites for hydroxylation is 1. The van der Waals surface area contributed by atoms with Crippen LogP contribution in [0.3, 0.4) is 0 Å². The van der Waals surface area contributed by atoms with Crippen molar-refractivity contribution in [2.24, 2.45) is 0 Å². The summed E-state index contributed by atoms with van der Waals surface area (Å²) in [4.78, 5) is 8.20. The summed E-state index contributed by atoms with van der Waals surface area (Å²) in [6.45, 7) is 3.14. The Morgan fingerprint density at radius 3 is 2.72 bits per heavy atom. The number of hydrogen-bond donors (Lipinski definition) is 1. The van der Waals surface area contributed by atoms with Crippen LogP contribution >= 0.6 is 0 Å². The van der Waals surface area contributed by atoms with Crippen molar-refractivity contribution >= 4 is 16.9 Å². The van der Waals surface area contributed by atoms with Gasteiger partial charge in [0, 0.05) is 6.54 Å². The number of nitrogen functional groups attached to an aromatic ring is 1. The van der Waals surface area contributed by atoms with Crippen LogP contribution < -0.4 is 5.73 Å². The van der Waals surface area contributed by atoms with Gasteiger partial charge < -0.3 is 5.73 Å². The Kier molecular flexibility index (Phi) is 4.50. The van der Waals surface area contributed by atoms with Gasteiger partial charge in [-0.1, -0.05) is 39.0 Å². The van der Waals surface area contributed by atoms with Crippen LogP contribution in [0.15, 0.2) is 12.5 Å². The van der Waals surface area contributed by atoms with Crippen molar-refractivity contribution in [1.29, 1.82) is 0 Å². The molecular formula is C13H21N5. The Balaban J connectivity index is 1.86. The molecule has 0 amide bonds. The molecule has 0 radical (unpaired) electrons. The molecule has 0 aliphatic carbocycles. The second kappa shape index (κ2) is 6.33. The second-order valence-corrected chi connectivity index (χ2v) is 4.63. The van der Waals surface area contributed by atoms with Gasteiger partial charge in [0.05, 0.1) is 11.6 Å². The number of nitrogens with zero attached hydrogens (tertiary/aromatic N) is 4. The van der Waals surface area contributed by atoms with Crippen LogP contribution in [-0.4, -0.2) is 19.7 Å². The first kappa shape index (κ1) is 12.8. The van der Waals surface area contributed by atoms with E-state index in [1.54, 1.807) is 6.20 Å². The average molecular weight is 247 g/mol. The summed E-state index contributed by atoms with van der Waals surface area (Å²) < 4.78 is 1.92. The number of anilines is 1. The first-order chi connectivity index (χ1) is 8.83. The highest BCUT2D eigenvalue weighted by Crippen LogP contribution is 2.16. The predicted molar refractivity (Wildman–Crippen MR) is 73.1 cm³/mol. The monoisotopic (exact) mass is 247 g/mol. The molecule has 0 saturated heterocycles. The first-order valence-electron chi connectivity index (χ1n) is 6.75. The highest BCUT2D eigenvalue weighted by molar-refractivity contribution is 5.84. The summed E-state index contributed by atoms with van der Waals surface area (Å²) in [6.07, 6.45) is 10.9. The van der Waals surface area contributed by atoms with E-state index < -0.39 is 0 Å². The molecule has 0 saturated carbocycles. The molecule has 98 valence electrons. The van der Waals surface area contributed by atoms with Crippen LogP contribution in [-0.2, 0) is 6.54 Å². The normalized spacial score (nSPS) is 11.2. The highest BCUT2D eigenvalue weighted by Gasteiger charge is 2.06. The molecule has 18 heavy (non-hydrogen) atoms. The zero-order valence-electron chi connectivity index (χ0n) is 11.0. The van der Waals surface area contributed by atoms with Crippen molar-refractivity contribution in [3.05, 3.63) is 12.5 Å². The van der Waals surface area contributed by atoms with Crippen molar-refractivity contribution in [3.8, 4) is 0 Å². The summed E-state index contributed by atoms with van der Waals surface area (Å²) >= 11 is 0. The summed E-state index contributed by atoms with van der Waals surface area (Å²) in [6, 6.07) is 0. The van der Waals surface area contributed by atoms with Crippen LogP contribution in [0, 0.1) is 0 Å². The van der Waals surface area contributed by atoms with Crippen LogP contribution in [0.4, 0.5) is 5.82 Å². The predicted octanol–water partition coefficient (Wildman–Crippen LogP) is 2.77. The summed E-state index contributed by atoms with van der Waals surface area (Å²) in [5, 5.41) is 5.17. The van der Waals surface area contributed by atoms with Crippen molar-refractivity contribution in [1.82, 2.24) is 19.7 Å². The van der Waals surface area contributed by atoms with E-state index in [2.05, 4.69) is 22.0 Å². The van der Waals surface area contributed by atoms with Gasteiger partial charge in [0.1, 0.15) is 12.1 Å². The van der Waals surface area contributed by atoms with E-state index in [1.165, 1.54) is 38.4 Å². The average Bonchev–Trinajstić information content (AvgIpc) is 2.79. The molecule has 0 aliphatic heterocycles. The Bertz CT molecular complexity index is 491. The number of unbranched alkanes of at least 4 members (excludes halogenated alkanes) is 5. The SMILES string of the molecule is CCCCCCCCn1ncc2c(N)ncnc21. The minimum absolute atomic E-state index is 0.509. The maximum Gasteiger partial charge on any atom is 0.163 e. The van der Waals surface area contributed by atoms with Gasteiger partial charge in [-0.2, -0.15) is 5.10 Å². The van der Waals surface area contributed by atoms with Gasteiger partial charge in [-0.25, -0.2) is 14.6 Å². The fraction of sp³-hybridized carbons (Fsp3) is 0.615. The maximum absolute atomic E-state index is 5.77. The van der Waals surface area contributed by atoms with Crippen LogP contribution in [0.2, 0.25) is 0 Å². The lowest BCUT2D eigenvalue weighted by atomic mass is 10.1. The van der Waals surface area contributed by atoms with Gasteiger partial charge in [0.15, 0.2) is 5.65 Å². The Hall–Kier alpha value is -1.65. The lowest BCUT2D eigenvalue weighted by molar-refractivity contribution is 0.535. The molecule has 0 spiro atoms. The molecule has 2 aromatic rings. The van der Waals surface area contributed by atoms with Gasteiger partial charge in [0.2, 0.25) is 0 Å². The van der Waals surface area contributed by atoms with Crippen molar-refractivity contribution in [2.75, 3.05) is 5.73 Å². The lowest BCUT2D eigenvalue weighted by Gasteiger charge is -2.03. The Morgan fingerprint density at radius 1 is 1.11 bits per heavy atom. The Morgan fingerprint density at radius 2 is 1.89 bits per heavy atom. The fourth-order valence-electron chi connectivity index (χ4n) is 2.12. The van der Waals surface area contributed by atoms with Crippen molar-refractivity contribution < 1.29 is 0 Å². The summed E-state index contributed by atoms with van der Waals surface area (Å²) in [5.41, 5.74) is 6.62. The third-order valence-electron chi connectivity index (χ3n) is 3.19. The number of aromatic nitrogens is 4. The molecule has 0 bridgehead atoms. The smallest absolute Gasteiger partial charge is 0.163 e. The third-order valence-corrected chi connectivity index (χ3v) is 3.19. The first-order valence-corrected chi connectivity index (χ1v) is 6.75. The van der Waals surface area contributed by atoms with Crippen LogP contribution in [0.1, 0.15) is 45.4 Å². The minimum Gasteiger partial charge on any atom is -0.383 e. The van der Waals surface area contributed by atoms with Crippen LogP contribution in [0.5, 0.6) is 0 Å². The molecule has 2 aromatic heterocycles. The van der Waals surface area contributed by atoms with E-state index in [1.807, 2.05) is 4.68 Å². The van der Waals surface area contributed by atoms with Gasteiger partial charge in [0.25, 0.3) is 0 Å². The molecule has 5 heteroatoms. The molecule has 2 heterocycles. The second-order valence-electron chi connectivity index (χ2n) is 4.63. The maximum atomic E-state index is 5.77. The molecule has 0 atom stereocenters. The van der Waals surface area contributed by atoms with Gasteiger partial charge in [-0.3, -0.25) is 0 Å². The topological polar surface area (TPSA) is 69.6 Å². The molecular weight excluding hydrogens is 226 g/mol. The number of hydrogen-bond acceptors (Lipinski definition) is 4. The van der Waals surface area contributed by atoms with Crippen LogP contribution in [0.25, 0.3) is 11.0 Å². The molecule has 5 nitrogen and oxygen atoms in total. The molecule has 0 unspecified atom stereocenters. The molecule has 2 N–H and O–H groups in total. The lowest BCUT2D eigenvalue weighted by Crippen LogP contribution is -2.02. The summed E-state index contributed by atoms with van der Waals surface area (Å²) in [7, 11) is 0. The van der Waals surface area contributed by atoms with E-state index in [9.17, 15) is 0 Å². The van der Waals surface area contributed by atoms with Gasteiger partial charge in [-0.15, -0.1) is 0 Å². The zero-order valence-corrected chi connectivity index (χ0v) is 11.0. The number of rotatable bonds is 7. The summed E-state index contributed by atoms with van der Waals surface area (Å²) in [5.74, 6) is 0.509. The molecule has 0 aromatic carbocycles. The minimum atomic E-state index is 0.509. The molecule has 0 fully saturated rings. The van der Waals surface area contributed by atoms with E-state index >= 15 is 0 Å². The Labute approximate surface area is 107 Å². The highest BCUT2D eigenvalue weighted by atomic mass is 15.3. The standard InChI is InChI=1S/C13H21N5/c1-2-3-4-5-6-7-8-18-13-11(9-17-18)12(14)15-10-16-13/h9-10H,2-8H2,1H3,(H2,14,15,16). The van der Waals surface area contributed by atoms with E-state index in [4.69, 9.17) is 5.73 Å². The van der Waals surface area contributed by atoms with Crippen molar-refractivity contribution in [2.45, 2.75) is 52.0 Å². The quantitative estimate of drug-likeness (QED) is 0.764.